The Morgan fingerprint density at radius 1 is 1.06 bits per heavy atom. The summed E-state index contributed by atoms with van der Waals surface area (Å²) >= 11 is 1.43. The Bertz CT molecular complexity index is 1490. The first-order valence-electron chi connectivity index (χ1n) is 10.8. The van der Waals surface area contributed by atoms with Gasteiger partial charge in [-0.3, -0.25) is 4.79 Å². The van der Waals surface area contributed by atoms with Gasteiger partial charge in [0.25, 0.3) is 5.56 Å². The van der Waals surface area contributed by atoms with Crippen molar-refractivity contribution in [2.75, 3.05) is 13.7 Å². The second kappa shape index (κ2) is 10.4. The monoisotopic (exact) mass is 512 g/mol. The van der Waals surface area contributed by atoms with Gasteiger partial charge in [0, 0.05) is 34.4 Å². The molecule has 2 aromatic heterocycles. The molecule has 1 N–H and O–H groups in total. The number of H-pyrrole nitrogens is 1. The van der Waals surface area contributed by atoms with E-state index < -0.39 is 16.0 Å². The average Bonchev–Trinajstić information content (AvgIpc) is 3.37. The molecule has 0 aliphatic heterocycles. The fourth-order valence-electron chi connectivity index (χ4n) is 3.59. The lowest BCUT2D eigenvalue weighted by Crippen LogP contribution is -2.32. The van der Waals surface area contributed by atoms with Crippen molar-refractivity contribution < 1.29 is 22.7 Å². The zero-order valence-corrected chi connectivity index (χ0v) is 20.8. The molecule has 4 aromatic rings. The van der Waals surface area contributed by atoms with Gasteiger partial charge in [0.1, 0.15) is 5.75 Å². The van der Waals surface area contributed by atoms with Crippen LogP contribution in [0.15, 0.2) is 75.7 Å². The molecular formula is C25H24N2O6S2. The molecular weight excluding hydrogens is 488 g/mol. The molecule has 8 nitrogen and oxygen atoms in total. The number of ether oxygens (including phenoxy) is 2. The number of hydrogen-bond donors (Lipinski definition) is 1. The van der Waals surface area contributed by atoms with Gasteiger partial charge in [0.2, 0.25) is 10.0 Å². The SMILES string of the molecule is CCOC(=O)c1ccc(S(=O)(=O)N(Cc2cccs2)Cc2cc3cc(OC)ccc3[nH]c2=O)cc1. The maximum Gasteiger partial charge on any atom is 0.338 e. The van der Waals surface area contributed by atoms with Crippen molar-refractivity contribution in [2.45, 2.75) is 24.9 Å². The average molecular weight is 513 g/mol. The summed E-state index contributed by atoms with van der Waals surface area (Å²) in [5, 5.41) is 2.59. The van der Waals surface area contributed by atoms with Crippen LogP contribution < -0.4 is 10.3 Å². The van der Waals surface area contributed by atoms with E-state index in [0.29, 0.717) is 16.8 Å². The molecule has 0 bridgehead atoms. The molecule has 0 spiro atoms. The zero-order chi connectivity index (χ0) is 25.0. The number of methoxy groups -OCH3 is 1. The normalized spacial score (nSPS) is 11.6. The number of pyridine rings is 1. The molecule has 0 aliphatic carbocycles. The Morgan fingerprint density at radius 3 is 2.49 bits per heavy atom. The van der Waals surface area contributed by atoms with Gasteiger partial charge in [-0.25, -0.2) is 13.2 Å². The summed E-state index contributed by atoms with van der Waals surface area (Å²) in [4.78, 5) is 28.4. The number of carbonyl (C=O) groups excluding carboxylic acids is 1. The third-order valence-electron chi connectivity index (χ3n) is 5.39. The molecule has 0 unspecified atom stereocenters. The number of esters is 1. The lowest BCUT2D eigenvalue weighted by Gasteiger charge is -2.22. The maximum absolute atomic E-state index is 13.6. The van der Waals surface area contributed by atoms with Crippen molar-refractivity contribution in [3.63, 3.8) is 0 Å². The molecule has 2 aromatic carbocycles. The van der Waals surface area contributed by atoms with E-state index in [1.165, 1.54) is 39.9 Å². The van der Waals surface area contributed by atoms with Crippen molar-refractivity contribution in [3.8, 4) is 5.75 Å². The number of carbonyl (C=O) groups is 1. The quantitative estimate of drug-likeness (QED) is 0.338. The number of nitrogens with zero attached hydrogens (tertiary/aromatic N) is 1. The number of aromatic amines is 1. The maximum atomic E-state index is 13.6. The van der Waals surface area contributed by atoms with E-state index in [0.717, 1.165) is 10.3 Å². The van der Waals surface area contributed by atoms with Crippen LogP contribution in [0.4, 0.5) is 0 Å². The van der Waals surface area contributed by atoms with Crippen LogP contribution in [-0.2, 0) is 27.8 Å². The third kappa shape index (κ3) is 5.45. The molecule has 0 fully saturated rings. The van der Waals surface area contributed by atoms with Crippen molar-refractivity contribution in [1.29, 1.82) is 0 Å². The number of fused-ring (bicyclic) bond motifs is 1. The number of hydrogen-bond acceptors (Lipinski definition) is 7. The van der Waals surface area contributed by atoms with Crippen LogP contribution in [0.3, 0.4) is 0 Å². The van der Waals surface area contributed by atoms with Crippen LogP contribution in [0, 0.1) is 0 Å². The lowest BCUT2D eigenvalue weighted by molar-refractivity contribution is 0.0526. The highest BCUT2D eigenvalue weighted by atomic mass is 32.2. The molecule has 0 radical (unpaired) electrons. The van der Waals surface area contributed by atoms with E-state index >= 15 is 0 Å². The molecule has 182 valence electrons. The Morgan fingerprint density at radius 2 is 1.83 bits per heavy atom. The van der Waals surface area contributed by atoms with Crippen molar-refractivity contribution in [3.05, 3.63) is 92.4 Å². The van der Waals surface area contributed by atoms with Gasteiger partial charge in [-0.15, -0.1) is 11.3 Å². The van der Waals surface area contributed by atoms with Crippen molar-refractivity contribution in [1.82, 2.24) is 9.29 Å². The molecule has 10 heteroatoms. The molecule has 2 heterocycles. The third-order valence-corrected chi connectivity index (χ3v) is 8.06. The first-order chi connectivity index (χ1) is 16.8. The summed E-state index contributed by atoms with van der Waals surface area (Å²) in [7, 11) is -2.45. The van der Waals surface area contributed by atoms with Gasteiger partial charge < -0.3 is 14.5 Å². The Balaban J connectivity index is 1.71. The van der Waals surface area contributed by atoms with Crippen LogP contribution in [-0.4, -0.2) is 37.4 Å². The molecule has 0 atom stereocenters. The minimum atomic E-state index is -4.00. The van der Waals surface area contributed by atoms with Crippen molar-refractivity contribution >= 4 is 38.2 Å². The lowest BCUT2D eigenvalue weighted by atomic mass is 10.1. The van der Waals surface area contributed by atoms with Gasteiger partial charge in [-0.05, 0) is 66.9 Å². The molecule has 0 saturated carbocycles. The van der Waals surface area contributed by atoms with E-state index in [1.54, 1.807) is 38.3 Å². The number of benzene rings is 2. The van der Waals surface area contributed by atoms with Gasteiger partial charge >= 0.3 is 5.97 Å². The van der Waals surface area contributed by atoms with E-state index in [1.807, 2.05) is 17.5 Å². The van der Waals surface area contributed by atoms with Gasteiger partial charge in [0.15, 0.2) is 0 Å². The standard InChI is InChI=1S/C25H24N2O6S2/c1-3-33-25(29)17-6-9-22(10-7-17)35(30,31)27(16-21-5-4-12-34-21)15-19-13-18-14-20(32-2)8-11-23(18)26-24(19)28/h4-14H,3,15-16H2,1-2H3,(H,26,28). The fourth-order valence-corrected chi connectivity index (χ4v) is 5.79. The summed E-state index contributed by atoms with van der Waals surface area (Å²) in [6.07, 6.45) is 0. The molecule has 4 rings (SSSR count). The first kappa shape index (κ1) is 24.6. The molecule has 35 heavy (non-hydrogen) atoms. The van der Waals surface area contributed by atoms with Crippen LogP contribution in [0.2, 0.25) is 0 Å². The Kier molecular flexibility index (Phi) is 7.34. The van der Waals surface area contributed by atoms with Crippen molar-refractivity contribution in [2.24, 2.45) is 0 Å². The highest BCUT2D eigenvalue weighted by Gasteiger charge is 2.27. The minimum Gasteiger partial charge on any atom is -0.497 e. The van der Waals surface area contributed by atoms with Crippen LogP contribution in [0.5, 0.6) is 5.75 Å². The van der Waals surface area contributed by atoms with Crippen LogP contribution in [0.25, 0.3) is 10.9 Å². The minimum absolute atomic E-state index is 0.0148. The number of thiophene rings is 1. The van der Waals surface area contributed by atoms with E-state index in [4.69, 9.17) is 9.47 Å². The largest absolute Gasteiger partial charge is 0.497 e. The number of nitrogens with one attached hydrogen (secondary N) is 1. The number of rotatable bonds is 9. The second-order valence-electron chi connectivity index (χ2n) is 7.67. The first-order valence-corrected chi connectivity index (χ1v) is 13.1. The molecule has 0 aliphatic rings. The van der Waals surface area contributed by atoms with Gasteiger partial charge in [-0.1, -0.05) is 6.07 Å². The van der Waals surface area contributed by atoms with Crippen LogP contribution >= 0.6 is 11.3 Å². The summed E-state index contributed by atoms with van der Waals surface area (Å²) in [6, 6.07) is 16.2. The number of sulfonamides is 1. The summed E-state index contributed by atoms with van der Waals surface area (Å²) < 4.78 is 38.8. The van der Waals surface area contributed by atoms with Gasteiger partial charge in [-0.2, -0.15) is 4.31 Å². The second-order valence-corrected chi connectivity index (χ2v) is 10.6. The number of aromatic nitrogens is 1. The Hall–Kier alpha value is -3.47. The predicted molar refractivity (Wildman–Crippen MR) is 134 cm³/mol. The van der Waals surface area contributed by atoms with Gasteiger partial charge in [0.05, 0.1) is 24.2 Å². The highest BCUT2D eigenvalue weighted by Crippen LogP contribution is 2.24. The van der Waals surface area contributed by atoms with E-state index in [9.17, 15) is 18.0 Å². The summed E-state index contributed by atoms with van der Waals surface area (Å²) in [5.41, 5.74) is 0.818. The van der Waals surface area contributed by atoms with E-state index in [-0.39, 0.29) is 35.7 Å². The molecule has 0 amide bonds. The van der Waals surface area contributed by atoms with Crippen LogP contribution in [0.1, 0.15) is 27.7 Å². The highest BCUT2D eigenvalue weighted by molar-refractivity contribution is 7.89. The molecule has 0 saturated heterocycles. The fraction of sp³-hybridized carbons (Fsp3) is 0.200. The smallest absolute Gasteiger partial charge is 0.338 e. The van der Waals surface area contributed by atoms with E-state index in [2.05, 4.69) is 4.98 Å². The summed E-state index contributed by atoms with van der Waals surface area (Å²) in [6.45, 7) is 1.88. The summed E-state index contributed by atoms with van der Waals surface area (Å²) in [5.74, 6) is 0.102. The topological polar surface area (TPSA) is 106 Å². The Labute approximate surface area is 206 Å². The zero-order valence-electron chi connectivity index (χ0n) is 19.2. The predicted octanol–water partition coefficient (Wildman–Crippen LogP) is 4.17.